The van der Waals surface area contributed by atoms with Crippen molar-refractivity contribution in [3.63, 3.8) is 0 Å². The van der Waals surface area contributed by atoms with Crippen LogP contribution in [0.25, 0.3) is 0 Å². The Balaban J connectivity index is 2.07. The fourth-order valence-corrected chi connectivity index (χ4v) is 2.93. The highest BCUT2D eigenvalue weighted by Gasteiger charge is 2.26. The molecule has 1 aliphatic heterocycles. The Morgan fingerprint density at radius 3 is 3.21 bits per heavy atom. The van der Waals surface area contributed by atoms with Gasteiger partial charge in [-0.05, 0) is 6.92 Å². The number of nitrogens with zero attached hydrogens (tertiary/aromatic N) is 2. The zero-order valence-electron chi connectivity index (χ0n) is 11.0. The van der Waals surface area contributed by atoms with Crippen molar-refractivity contribution in [2.24, 2.45) is 5.92 Å². The summed E-state index contributed by atoms with van der Waals surface area (Å²) in [6.45, 7) is 3.11. The number of aryl methyl sites for hydroxylation is 1. The molecule has 1 N–H and O–H groups in total. The summed E-state index contributed by atoms with van der Waals surface area (Å²) in [6.07, 6.45) is 1.58. The van der Waals surface area contributed by atoms with Gasteiger partial charge in [0.1, 0.15) is 0 Å². The zero-order valence-corrected chi connectivity index (χ0v) is 11.8. The van der Waals surface area contributed by atoms with Gasteiger partial charge in [0.25, 0.3) is 5.56 Å². The Morgan fingerprint density at radius 2 is 2.47 bits per heavy atom. The van der Waals surface area contributed by atoms with E-state index in [-0.39, 0.29) is 17.4 Å². The van der Waals surface area contributed by atoms with E-state index < -0.39 is 0 Å². The molecular weight excluding hydrogens is 266 g/mol. The molecule has 1 unspecified atom stereocenters. The number of thioether (sulfide) groups is 1. The standard InChI is InChI=1S/C12H17N3O3S/c1-8-5-14-12-15(11(8)17)6-9(7-19-12)10(16)13-3-4-18-2/h5,9H,3-4,6-7H2,1-2H3,(H,13,16). The van der Waals surface area contributed by atoms with Crippen molar-refractivity contribution in [2.45, 2.75) is 18.6 Å². The van der Waals surface area contributed by atoms with Crippen LogP contribution in [0.3, 0.4) is 0 Å². The van der Waals surface area contributed by atoms with Crippen LogP contribution in [0, 0.1) is 12.8 Å². The molecule has 0 fully saturated rings. The molecular formula is C12H17N3O3S. The molecule has 104 valence electrons. The maximum Gasteiger partial charge on any atom is 0.257 e. The molecule has 1 aromatic heterocycles. The first-order valence-corrected chi connectivity index (χ1v) is 7.08. The molecule has 7 heteroatoms. The lowest BCUT2D eigenvalue weighted by molar-refractivity contribution is -0.125. The van der Waals surface area contributed by atoms with Crippen molar-refractivity contribution in [2.75, 3.05) is 26.0 Å². The quantitative estimate of drug-likeness (QED) is 0.624. The molecule has 1 amide bonds. The fraction of sp³-hybridized carbons (Fsp3) is 0.583. The van der Waals surface area contributed by atoms with Crippen molar-refractivity contribution >= 4 is 17.7 Å². The minimum Gasteiger partial charge on any atom is -0.383 e. The second kappa shape index (κ2) is 6.21. The van der Waals surface area contributed by atoms with E-state index in [2.05, 4.69) is 10.3 Å². The highest BCUT2D eigenvalue weighted by molar-refractivity contribution is 7.99. The van der Waals surface area contributed by atoms with Crippen LogP contribution in [0.4, 0.5) is 0 Å². The highest BCUT2D eigenvalue weighted by Crippen LogP contribution is 2.24. The summed E-state index contributed by atoms with van der Waals surface area (Å²) >= 11 is 1.45. The maximum atomic E-state index is 12.0. The summed E-state index contributed by atoms with van der Waals surface area (Å²) in [6, 6.07) is 0. The third kappa shape index (κ3) is 3.16. The monoisotopic (exact) mass is 283 g/mol. The number of fused-ring (bicyclic) bond motifs is 1. The summed E-state index contributed by atoms with van der Waals surface area (Å²) < 4.78 is 6.47. The number of ether oxygens (including phenoxy) is 1. The lowest BCUT2D eigenvalue weighted by Crippen LogP contribution is -2.41. The molecule has 0 saturated heterocycles. The van der Waals surface area contributed by atoms with E-state index in [1.807, 2.05) is 0 Å². The summed E-state index contributed by atoms with van der Waals surface area (Å²) in [7, 11) is 1.59. The number of rotatable bonds is 4. The van der Waals surface area contributed by atoms with Crippen LogP contribution in [0.15, 0.2) is 16.1 Å². The van der Waals surface area contributed by atoms with Gasteiger partial charge in [0.05, 0.1) is 12.5 Å². The summed E-state index contributed by atoms with van der Waals surface area (Å²) in [5.41, 5.74) is 0.539. The Hall–Kier alpha value is -1.34. The van der Waals surface area contributed by atoms with Crippen molar-refractivity contribution in [3.8, 4) is 0 Å². The molecule has 2 rings (SSSR count). The molecule has 2 heterocycles. The van der Waals surface area contributed by atoms with E-state index in [9.17, 15) is 9.59 Å². The van der Waals surface area contributed by atoms with Crippen molar-refractivity contribution in [1.82, 2.24) is 14.9 Å². The van der Waals surface area contributed by atoms with Crippen LogP contribution in [0.1, 0.15) is 5.56 Å². The molecule has 1 aromatic rings. The van der Waals surface area contributed by atoms with Gasteiger partial charge in [0.15, 0.2) is 5.16 Å². The smallest absolute Gasteiger partial charge is 0.257 e. The van der Waals surface area contributed by atoms with Gasteiger partial charge in [0, 0.05) is 37.7 Å². The fourth-order valence-electron chi connectivity index (χ4n) is 1.88. The molecule has 0 bridgehead atoms. The number of methoxy groups -OCH3 is 1. The number of carbonyl (C=O) groups is 1. The van der Waals surface area contributed by atoms with Gasteiger partial charge in [-0.3, -0.25) is 14.2 Å². The van der Waals surface area contributed by atoms with Gasteiger partial charge in [-0.15, -0.1) is 0 Å². The van der Waals surface area contributed by atoms with Crippen LogP contribution < -0.4 is 10.9 Å². The predicted octanol–water partition coefficient (Wildman–Crippen LogP) is 0.0362. The maximum absolute atomic E-state index is 12.0. The molecule has 6 nitrogen and oxygen atoms in total. The second-order valence-corrected chi connectivity index (χ2v) is 5.42. The summed E-state index contributed by atoms with van der Waals surface area (Å²) in [5, 5.41) is 3.50. The van der Waals surface area contributed by atoms with Gasteiger partial charge in [-0.2, -0.15) is 0 Å². The molecule has 1 aliphatic rings. The molecule has 1 atom stereocenters. The summed E-state index contributed by atoms with van der Waals surface area (Å²) in [5.74, 6) is 0.410. The third-order valence-electron chi connectivity index (χ3n) is 2.97. The SMILES string of the molecule is COCCNC(=O)C1CSc2ncc(C)c(=O)n2C1. The van der Waals surface area contributed by atoms with Gasteiger partial charge < -0.3 is 10.1 Å². The number of hydrogen-bond acceptors (Lipinski definition) is 5. The second-order valence-electron chi connectivity index (χ2n) is 4.43. The van der Waals surface area contributed by atoms with Gasteiger partial charge in [-0.25, -0.2) is 4.98 Å². The minimum atomic E-state index is -0.198. The van der Waals surface area contributed by atoms with E-state index in [4.69, 9.17) is 4.74 Å². The van der Waals surface area contributed by atoms with E-state index in [0.717, 1.165) is 0 Å². The number of nitrogens with one attached hydrogen (secondary N) is 1. The number of aromatic nitrogens is 2. The molecule has 0 spiro atoms. The van der Waals surface area contributed by atoms with Crippen LogP contribution in [-0.2, 0) is 16.1 Å². The van der Waals surface area contributed by atoms with Crippen LogP contribution in [0.5, 0.6) is 0 Å². The van der Waals surface area contributed by atoms with E-state index in [0.29, 0.717) is 36.2 Å². The predicted molar refractivity (Wildman–Crippen MR) is 72.3 cm³/mol. The number of amides is 1. The van der Waals surface area contributed by atoms with Gasteiger partial charge in [-0.1, -0.05) is 11.8 Å². The Bertz CT molecular complexity index is 529. The largest absolute Gasteiger partial charge is 0.383 e. The first-order valence-electron chi connectivity index (χ1n) is 6.09. The normalized spacial score (nSPS) is 17.9. The average molecular weight is 283 g/mol. The molecule has 19 heavy (non-hydrogen) atoms. The van der Waals surface area contributed by atoms with Crippen LogP contribution >= 0.6 is 11.8 Å². The summed E-state index contributed by atoms with van der Waals surface area (Å²) in [4.78, 5) is 28.2. The molecule has 0 saturated carbocycles. The van der Waals surface area contributed by atoms with E-state index in [1.54, 1.807) is 24.8 Å². The van der Waals surface area contributed by atoms with Crippen LogP contribution in [-0.4, -0.2) is 41.5 Å². The lowest BCUT2D eigenvalue weighted by atomic mass is 10.1. The van der Waals surface area contributed by atoms with E-state index in [1.165, 1.54) is 11.8 Å². The van der Waals surface area contributed by atoms with Crippen LogP contribution in [0.2, 0.25) is 0 Å². The first-order chi connectivity index (χ1) is 9.13. The minimum absolute atomic E-state index is 0.0383. The third-order valence-corrected chi connectivity index (χ3v) is 4.13. The van der Waals surface area contributed by atoms with Gasteiger partial charge >= 0.3 is 0 Å². The van der Waals surface area contributed by atoms with Crippen molar-refractivity contribution in [3.05, 3.63) is 22.1 Å². The molecule has 0 aliphatic carbocycles. The Kier molecular flexibility index (Phi) is 4.60. The average Bonchev–Trinajstić information content (AvgIpc) is 2.43. The van der Waals surface area contributed by atoms with Gasteiger partial charge in [0.2, 0.25) is 5.91 Å². The zero-order chi connectivity index (χ0) is 13.8. The first kappa shape index (κ1) is 14.1. The Morgan fingerprint density at radius 1 is 1.68 bits per heavy atom. The van der Waals surface area contributed by atoms with Crippen molar-refractivity contribution in [1.29, 1.82) is 0 Å². The van der Waals surface area contributed by atoms with Crippen molar-refractivity contribution < 1.29 is 9.53 Å². The lowest BCUT2D eigenvalue weighted by Gasteiger charge is -2.24. The molecule has 0 aromatic carbocycles. The van der Waals surface area contributed by atoms with E-state index >= 15 is 0 Å². The Labute approximate surface area is 115 Å². The topological polar surface area (TPSA) is 73.2 Å². The number of carbonyl (C=O) groups excluding carboxylic acids is 1. The molecule has 0 radical (unpaired) electrons. The highest BCUT2D eigenvalue weighted by atomic mass is 32.2. The number of hydrogen-bond donors (Lipinski definition) is 1.